The number of nitrogens with zero attached hydrogens (tertiary/aromatic N) is 2. The summed E-state index contributed by atoms with van der Waals surface area (Å²) in [6.45, 7) is 4.13. The standard InChI is InChI=1S/C12H16N2O3/c1-12(15)8-13(9-12)7-6-10-2-4-11(5-3-10)14(16)17/h2-5,15H,6-9H2,1H3. The first-order valence-corrected chi connectivity index (χ1v) is 5.64. The van der Waals surface area contributed by atoms with Crippen molar-refractivity contribution >= 4 is 5.69 Å². The van der Waals surface area contributed by atoms with Crippen LogP contribution in [0, 0.1) is 10.1 Å². The number of benzene rings is 1. The van der Waals surface area contributed by atoms with E-state index in [1.54, 1.807) is 12.1 Å². The molecular weight excluding hydrogens is 220 g/mol. The fraction of sp³-hybridized carbons (Fsp3) is 0.500. The molecule has 1 N–H and O–H groups in total. The minimum atomic E-state index is -0.532. The molecule has 1 heterocycles. The molecule has 1 aromatic rings. The monoisotopic (exact) mass is 236 g/mol. The SMILES string of the molecule is CC1(O)CN(CCc2ccc([N+](=O)[O-])cc2)C1. The number of nitro benzene ring substituents is 1. The molecule has 5 nitrogen and oxygen atoms in total. The molecule has 0 atom stereocenters. The van der Waals surface area contributed by atoms with Crippen LogP contribution in [0.4, 0.5) is 5.69 Å². The lowest BCUT2D eigenvalue weighted by atomic mass is 9.96. The Bertz CT molecular complexity index is 406. The lowest BCUT2D eigenvalue weighted by Gasteiger charge is -2.44. The Balaban J connectivity index is 1.82. The highest BCUT2D eigenvalue weighted by molar-refractivity contribution is 5.32. The van der Waals surface area contributed by atoms with Gasteiger partial charge >= 0.3 is 0 Å². The molecule has 0 bridgehead atoms. The van der Waals surface area contributed by atoms with E-state index in [0.29, 0.717) is 13.1 Å². The summed E-state index contributed by atoms with van der Waals surface area (Å²) in [6.07, 6.45) is 0.855. The molecule has 1 aliphatic heterocycles. The molecular formula is C12H16N2O3. The summed E-state index contributed by atoms with van der Waals surface area (Å²) in [5, 5.41) is 20.0. The van der Waals surface area contributed by atoms with Gasteiger partial charge in [0.25, 0.3) is 5.69 Å². The summed E-state index contributed by atoms with van der Waals surface area (Å²) in [5.74, 6) is 0. The van der Waals surface area contributed by atoms with Gasteiger partial charge in [0, 0.05) is 31.8 Å². The normalized spacial score (nSPS) is 18.7. The highest BCUT2D eigenvalue weighted by Crippen LogP contribution is 2.20. The predicted molar refractivity (Wildman–Crippen MR) is 63.9 cm³/mol. The molecule has 0 aliphatic carbocycles. The molecule has 1 saturated heterocycles. The highest BCUT2D eigenvalue weighted by Gasteiger charge is 2.35. The highest BCUT2D eigenvalue weighted by atomic mass is 16.6. The van der Waals surface area contributed by atoms with Crippen LogP contribution in [-0.2, 0) is 6.42 Å². The summed E-state index contributed by atoms with van der Waals surface area (Å²) in [4.78, 5) is 12.3. The van der Waals surface area contributed by atoms with E-state index in [2.05, 4.69) is 4.90 Å². The average molecular weight is 236 g/mol. The fourth-order valence-corrected chi connectivity index (χ4v) is 2.15. The van der Waals surface area contributed by atoms with Crippen LogP contribution in [-0.4, -0.2) is 40.2 Å². The largest absolute Gasteiger partial charge is 0.388 e. The topological polar surface area (TPSA) is 66.6 Å². The maximum atomic E-state index is 10.5. The second kappa shape index (κ2) is 4.43. The van der Waals surface area contributed by atoms with Crippen molar-refractivity contribution < 1.29 is 10.0 Å². The molecule has 0 saturated carbocycles. The van der Waals surface area contributed by atoms with Gasteiger partial charge in [-0.2, -0.15) is 0 Å². The Labute approximate surface area is 99.8 Å². The van der Waals surface area contributed by atoms with Crippen molar-refractivity contribution in [3.63, 3.8) is 0 Å². The van der Waals surface area contributed by atoms with Crippen molar-refractivity contribution in [2.45, 2.75) is 18.9 Å². The fourth-order valence-electron chi connectivity index (χ4n) is 2.15. The number of non-ortho nitro benzene ring substituents is 1. The number of hydrogen-bond donors (Lipinski definition) is 1. The first kappa shape index (κ1) is 12.0. The van der Waals surface area contributed by atoms with Gasteiger partial charge in [0.15, 0.2) is 0 Å². The molecule has 1 aliphatic rings. The lowest BCUT2D eigenvalue weighted by Crippen LogP contribution is -2.60. The summed E-state index contributed by atoms with van der Waals surface area (Å²) in [7, 11) is 0. The predicted octanol–water partition coefficient (Wildman–Crippen LogP) is 1.20. The Morgan fingerprint density at radius 1 is 1.41 bits per heavy atom. The quantitative estimate of drug-likeness (QED) is 0.630. The number of aliphatic hydroxyl groups is 1. The Morgan fingerprint density at radius 3 is 2.47 bits per heavy atom. The van der Waals surface area contributed by atoms with Gasteiger partial charge in [-0.15, -0.1) is 0 Å². The third-order valence-electron chi connectivity index (χ3n) is 2.99. The first-order chi connectivity index (χ1) is 7.96. The second-order valence-electron chi connectivity index (χ2n) is 4.88. The minimum absolute atomic E-state index is 0.126. The van der Waals surface area contributed by atoms with Crippen molar-refractivity contribution in [2.24, 2.45) is 0 Å². The van der Waals surface area contributed by atoms with Crippen LogP contribution >= 0.6 is 0 Å². The van der Waals surface area contributed by atoms with Crippen LogP contribution < -0.4 is 0 Å². The lowest BCUT2D eigenvalue weighted by molar-refractivity contribution is -0.384. The van der Waals surface area contributed by atoms with Crippen molar-refractivity contribution in [3.8, 4) is 0 Å². The summed E-state index contributed by atoms with van der Waals surface area (Å²) in [6, 6.07) is 6.63. The Morgan fingerprint density at radius 2 is 2.00 bits per heavy atom. The van der Waals surface area contributed by atoms with Crippen LogP contribution in [0.15, 0.2) is 24.3 Å². The molecule has 5 heteroatoms. The van der Waals surface area contributed by atoms with Gasteiger partial charge in [-0.05, 0) is 18.9 Å². The maximum absolute atomic E-state index is 10.5. The maximum Gasteiger partial charge on any atom is 0.269 e. The van der Waals surface area contributed by atoms with Gasteiger partial charge in [0.05, 0.1) is 10.5 Å². The van der Waals surface area contributed by atoms with Crippen molar-refractivity contribution in [1.82, 2.24) is 4.90 Å². The van der Waals surface area contributed by atoms with E-state index in [1.165, 1.54) is 12.1 Å². The third kappa shape index (κ3) is 3.01. The van der Waals surface area contributed by atoms with E-state index in [-0.39, 0.29) is 5.69 Å². The van der Waals surface area contributed by atoms with Gasteiger partial charge in [-0.1, -0.05) is 12.1 Å². The van der Waals surface area contributed by atoms with Crippen LogP contribution in [0.3, 0.4) is 0 Å². The van der Waals surface area contributed by atoms with E-state index >= 15 is 0 Å². The summed E-state index contributed by atoms with van der Waals surface area (Å²) in [5.41, 5.74) is 0.679. The van der Waals surface area contributed by atoms with Crippen LogP contribution in [0.1, 0.15) is 12.5 Å². The number of hydrogen-bond acceptors (Lipinski definition) is 4. The number of nitro groups is 1. The van der Waals surface area contributed by atoms with E-state index in [0.717, 1.165) is 18.5 Å². The Hall–Kier alpha value is -1.46. The zero-order valence-corrected chi connectivity index (χ0v) is 9.80. The first-order valence-electron chi connectivity index (χ1n) is 5.64. The third-order valence-corrected chi connectivity index (χ3v) is 2.99. The van der Waals surface area contributed by atoms with Crippen LogP contribution in [0.2, 0.25) is 0 Å². The van der Waals surface area contributed by atoms with E-state index in [4.69, 9.17) is 0 Å². The molecule has 0 amide bonds. The van der Waals surface area contributed by atoms with Gasteiger partial charge in [0.1, 0.15) is 0 Å². The second-order valence-corrected chi connectivity index (χ2v) is 4.88. The van der Waals surface area contributed by atoms with Gasteiger partial charge < -0.3 is 5.11 Å². The minimum Gasteiger partial charge on any atom is -0.388 e. The summed E-state index contributed by atoms with van der Waals surface area (Å²) < 4.78 is 0. The average Bonchev–Trinajstić information content (AvgIpc) is 2.24. The van der Waals surface area contributed by atoms with Gasteiger partial charge in [0.2, 0.25) is 0 Å². The van der Waals surface area contributed by atoms with Crippen molar-refractivity contribution in [2.75, 3.05) is 19.6 Å². The van der Waals surface area contributed by atoms with Gasteiger partial charge in [-0.3, -0.25) is 15.0 Å². The van der Waals surface area contributed by atoms with Crippen molar-refractivity contribution in [3.05, 3.63) is 39.9 Å². The smallest absolute Gasteiger partial charge is 0.269 e. The summed E-state index contributed by atoms with van der Waals surface area (Å²) >= 11 is 0. The van der Waals surface area contributed by atoms with E-state index in [9.17, 15) is 15.2 Å². The van der Waals surface area contributed by atoms with Gasteiger partial charge in [-0.25, -0.2) is 0 Å². The molecule has 2 rings (SSSR count). The molecule has 1 aromatic carbocycles. The number of rotatable bonds is 4. The number of β-amino-alcohol motifs (C(OH)–C–C–N with tert-alkyl or cyclic N) is 1. The zero-order chi connectivity index (χ0) is 12.5. The molecule has 1 fully saturated rings. The molecule has 17 heavy (non-hydrogen) atoms. The van der Waals surface area contributed by atoms with Crippen LogP contribution in [0.5, 0.6) is 0 Å². The number of likely N-dealkylation sites (tertiary alicyclic amines) is 1. The molecule has 0 radical (unpaired) electrons. The molecule has 0 aromatic heterocycles. The molecule has 0 spiro atoms. The zero-order valence-electron chi connectivity index (χ0n) is 9.80. The Kier molecular flexibility index (Phi) is 3.13. The molecule has 0 unspecified atom stereocenters. The van der Waals surface area contributed by atoms with E-state index < -0.39 is 10.5 Å². The molecule has 92 valence electrons. The van der Waals surface area contributed by atoms with Crippen molar-refractivity contribution in [1.29, 1.82) is 0 Å². The van der Waals surface area contributed by atoms with Crippen LogP contribution in [0.25, 0.3) is 0 Å². The van der Waals surface area contributed by atoms with E-state index in [1.807, 2.05) is 6.92 Å².